The summed E-state index contributed by atoms with van der Waals surface area (Å²) in [5.41, 5.74) is 1.00. The van der Waals surface area contributed by atoms with E-state index in [0.29, 0.717) is 17.8 Å². The molecular formula is C13H22N4O. The third-order valence-electron chi connectivity index (χ3n) is 3.38. The fourth-order valence-corrected chi connectivity index (χ4v) is 2.20. The summed E-state index contributed by atoms with van der Waals surface area (Å²) in [4.78, 5) is 2.43. The Bertz CT molecular complexity index is 366. The summed E-state index contributed by atoms with van der Waals surface area (Å²) in [5.74, 6) is 1.23. The summed E-state index contributed by atoms with van der Waals surface area (Å²) in [6.45, 7) is 8.57. The van der Waals surface area contributed by atoms with Crippen LogP contribution in [0, 0.1) is 5.92 Å². The number of nitrogens with zero attached hydrogens (tertiary/aromatic N) is 3. The number of nitrogens with one attached hydrogen (secondary N) is 1. The second kappa shape index (κ2) is 6.11. The maximum Gasteiger partial charge on any atom is 0.233 e. The number of rotatable bonds is 4. The first-order valence-electron chi connectivity index (χ1n) is 6.51. The van der Waals surface area contributed by atoms with Gasteiger partial charge < -0.3 is 10.1 Å². The summed E-state index contributed by atoms with van der Waals surface area (Å²) in [6.07, 6.45) is 0. The van der Waals surface area contributed by atoms with Crippen molar-refractivity contribution < 1.29 is 4.74 Å². The number of methoxy groups -OCH3 is 1. The van der Waals surface area contributed by atoms with Crippen molar-refractivity contribution in [3.63, 3.8) is 0 Å². The van der Waals surface area contributed by atoms with E-state index in [4.69, 9.17) is 4.74 Å². The van der Waals surface area contributed by atoms with Gasteiger partial charge in [0.2, 0.25) is 5.88 Å². The minimum Gasteiger partial charge on any atom is -0.480 e. The molecule has 2 heterocycles. The quantitative estimate of drug-likeness (QED) is 0.861. The molecule has 1 aliphatic rings. The van der Waals surface area contributed by atoms with Gasteiger partial charge in [-0.15, -0.1) is 5.10 Å². The van der Waals surface area contributed by atoms with Gasteiger partial charge in [0.15, 0.2) is 0 Å². The van der Waals surface area contributed by atoms with Crippen LogP contribution in [0.2, 0.25) is 0 Å². The van der Waals surface area contributed by atoms with Gasteiger partial charge in [0.1, 0.15) is 0 Å². The first-order chi connectivity index (χ1) is 8.69. The fraction of sp³-hybridized carbons (Fsp3) is 0.692. The van der Waals surface area contributed by atoms with E-state index in [9.17, 15) is 0 Å². The number of hydrogen-bond acceptors (Lipinski definition) is 5. The Balaban J connectivity index is 1.91. The molecule has 1 N–H and O–H groups in total. The Hall–Kier alpha value is -1.20. The third-order valence-corrected chi connectivity index (χ3v) is 3.38. The van der Waals surface area contributed by atoms with Crippen LogP contribution in [0.1, 0.15) is 19.5 Å². The molecule has 1 aromatic rings. The molecule has 2 rings (SSSR count). The Morgan fingerprint density at radius 3 is 2.89 bits per heavy atom. The number of aromatic nitrogens is 2. The molecule has 0 aromatic carbocycles. The maximum atomic E-state index is 5.01. The molecule has 0 bridgehead atoms. The molecule has 0 spiro atoms. The van der Waals surface area contributed by atoms with Crippen LogP contribution in [0.5, 0.6) is 5.88 Å². The lowest BCUT2D eigenvalue weighted by molar-refractivity contribution is 0.166. The Morgan fingerprint density at radius 1 is 1.44 bits per heavy atom. The van der Waals surface area contributed by atoms with Crippen molar-refractivity contribution in [2.24, 2.45) is 5.92 Å². The molecule has 0 amide bonds. The van der Waals surface area contributed by atoms with Crippen molar-refractivity contribution >= 4 is 0 Å². The highest BCUT2D eigenvalue weighted by Gasteiger charge is 2.21. The smallest absolute Gasteiger partial charge is 0.233 e. The molecule has 1 fully saturated rings. The molecule has 0 aliphatic carbocycles. The van der Waals surface area contributed by atoms with Crippen LogP contribution in [0.3, 0.4) is 0 Å². The lowest BCUT2D eigenvalue weighted by Gasteiger charge is -2.35. The van der Waals surface area contributed by atoms with E-state index < -0.39 is 0 Å². The minimum atomic E-state index is 0.569. The predicted molar refractivity (Wildman–Crippen MR) is 70.5 cm³/mol. The van der Waals surface area contributed by atoms with Crippen LogP contribution in [0.4, 0.5) is 0 Å². The molecular weight excluding hydrogens is 228 g/mol. The molecule has 1 unspecified atom stereocenters. The molecule has 0 radical (unpaired) electrons. The van der Waals surface area contributed by atoms with E-state index in [1.807, 2.05) is 12.1 Å². The van der Waals surface area contributed by atoms with Crippen molar-refractivity contribution in [3.05, 3.63) is 17.8 Å². The molecule has 1 aromatic heterocycles. The zero-order chi connectivity index (χ0) is 13.0. The van der Waals surface area contributed by atoms with Gasteiger partial charge in [-0.25, -0.2) is 0 Å². The first kappa shape index (κ1) is 13.2. The van der Waals surface area contributed by atoms with E-state index in [1.54, 1.807) is 7.11 Å². The summed E-state index contributed by atoms with van der Waals surface area (Å²) in [5, 5.41) is 11.7. The van der Waals surface area contributed by atoms with E-state index in [1.165, 1.54) is 0 Å². The summed E-state index contributed by atoms with van der Waals surface area (Å²) < 4.78 is 5.01. The van der Waals surface area contributed by atoms with E-state index in [2.05, 4.69) is 34.3 Å². The SMILES string of the molecule is COc1ccc(CN2CCNC(C(C)C)C2)nn1. The van der Waals surface area contributed by atoms with Gasteiger partial charge in [0.05, 0.1) is 12.8 Å². The van der Waals surface area contributed by atoms with Gasteiger partial charge in [-0.1, -0.05) is 13.8 Å². The normalized spacial score (nSPS) is 21.2. The van der Waals surface area contributed by atoms with Crippen molar-refractivity contribution in [2.75, 3.05) is 26.7 Å². The average Bonchev–Trinajstić information content (AvgIpc) is 2.40. The summed E-state index contributed by atoms with van der Waals surface area (Å²) in [6, 6.07) is 4.42. The molecule has 5 heteroatoms. The highest BCUT2D eigenvalue weighted by Crippen LogP contribution is 2.11. The highest BCUT2D eigenvalue weighted by atomic mass is 16.5. The van der Waals surface area contributed by atoms with Gasteiger partial charge in [-0.3, -0.25) is 4.90 Å². The van der Waals surface area contributed by atoms with Crippen LogP contribution >= 0.6 is 0 Å². The second-order valence-corrected chi connectivity index (χ2v) is 5.11. The maximum absolute atomic E-state index is 5.01. The number of piperazine rings is 1. The Labute approximate surface area is 109 Å². The van der Waals surface area contributed by atoms with Crippen LogP contribution in [-0.2, 0) is 6.54 Å². The minimum absolute atomic E-state index is 0.569. The average molecular weight is 250 g/mol. The predicted octanol–water partition coefficient (Wildman–Crippen LogP) is 0.915. The molecule has 100 valence electrons. The first-order valence-corrected chi connectivity index (χ1v) is 6.51. The Morgan fingerprint density at radius 2 is 2.28 bits per heavy atom. The van der Waals surface area contributed by atoms with Crippen LogP contribution in [0.15, 0.2) is 12.1 Å². The van der Waals surface area contributed by atoms with Crippen LogP contribution < -0.4 is 10.1 Å². The molecule has 1 saturated heterocycles. The van der Waals surface area contributed by atoms with Crippen molar-refractivity contribution in [3.8, 4) is 5.88 Å². The lowest BCUT2D eigenvalue weighted by atomic mass is 10.0. The highest BCUT2D eigenvalue weighted by molar-refractivity contribution is 5.11. The molecule has 5 nitrogen and oxygen atoms in total. The zero-order valence-corrected chi connectivity index (χ0v) is 11.4. The van der Waals surface area contributed by atoms with Crippen molar-refractivity contribution in [1.29, 1.82) is 0 Å². The number of hydrogen-bond donors (Lipinski definition) is 1. The summed E-state index contributed by atoms with van der Waals surface area (Å²) >= 11 is 0. The summed E-state index contributed by atoms with van der Waals surface area (Å²) in [7, 11) is 1.60. The van der Waals surface area contributed by atoms with E-state index in [0.717, 1.165) is 31.9 Å². The van der Waals surface area contributed by atoms with Gasteiger partial charge in [0.25, 0.3) is 0 Å². The van der Waals surface area contributed by atoms with Gasteiger partial charge in [0, 0.05) is 38.3 Å². The van der Waals surface area contributed by atoms with Gasteiger partial charge >= 0.3 is 0 Å². The number of ether oxygens (including phenoxy) is 1. The van der Waals surface area contributed by atoms with Crippen molar-refractivity contribution in [2.45, 2.75) is 26.4 Å². The third kappa shape index (κ3) is 3.40. The van der Waals surface area contributed by atoms with Gasteiger partial charge in [-0.05, 0) is 12.0 Å². The van der Waals surface area contributed by atoms with Crippen LogP contribution in [0.25, 0.3) is 0 Å². The van der Waals surface area contributed by atoms with E-state index >= 15 is 0 Å². The Kier molecular flexibility index (Phi) is 4.49. The molecule has 1 aliphatic heterocycles. The zero-order valence-electron chi connectivity index (χ0n) is 11.4. The molecule has 0 saturated carbocycles. The second-order valence-electron chi connectivity index (χ2n) is 5.11. The monoisotopic (exact) mass is 250 g/mol. The van der Waals surface area contributed by atoms with Crippen LogP contribution in [-0.4, -0.2) is 47.9 Å². The van der Waals surface area contributed by atoms with Crippen molar-refractivity contribution in [1.82, 2.24) is 20.4 Å². The largest absolute Gasteiger partial charge is 0.480 e. The lowest BCUT2D eigenvalue weighted by Crippen LogP contribution is -2.52. The van der Waals surface area contributed by atoms with Gasteiger partial charge in [-0.2, -0.15) is 5.10 Å². The standard InChI is InChI=1S/C13H22N4O/c1-10(2)12-9-17(7-6-14-12)8-11-4-5-13(18-3)16-15-11/h4-5,10,12,14H,6-9H2,1-3H3. The molecule has 18 heavy (non-hydrogen) atoms. The molecule has 1 atom stereocenters. The fourth-order valence-electron chi connectivity index (χ4n) is 2.20. The van der Waals surface area contributed by atoms with E-state index in [-0.39, 0.29) is 0 Å². The topological polar surface area (TPSA) is 50.3 Å².